The summed E-state index contributed by atoms with van der Waals surface area (Å²) in [5.74, 6) is 0. The molecule has 18 heteroatoms. The first kappa shape index (κ1) is 88.6. The molecule has 0 bridgehead atoms. The van der Waals surface area contributed by atoms with Gasteiger partial charge in [-0.3, -0.25) is 0 Å². The molecule has 0 saturated carbocycles. The second-order valence-corrected chi connectivity index (χ2v) is 36.8. The molecule has 0 radical (unpaired) electrons. The number of fused-ring (bicyclic) bond motifs is 12. The molecule has 682 valence electrons. The molecule has 0 spiro atoms. The molecule has 0 aliphatic rings. The molecule has 18 aromatic carbocycles. The maximum atomic E-state index is 15.9. The number of benzene rings is 18. The number of aryl methyl sites for hydroxylation is 8. The van der Waals surface area contributed by atoms with E-state index in [1.807, 2.05) is 224 Å². The Labute approximate surface area is 796 Å². The molecule has 0 amide bonds. The molecular weight excluding hydrogens is 1780 g/mol. The number of rotatable bonds is 13. The topological polar surface area (TPSA) is 67.3 Å². The van der Waals surface area contributed by atoms with Crippen LogP contribution in [0.25, 0.3) is 210 Å². The number of alkyl halides is 12. The fraction of sp³-hybridized carbons (Fsp3) is 0.0984. The van der Waals surface area contributed by atoms with Gasteiger partial charge in [-0.2, -0.15) is 63.2 Å². The molecule has 6 nitrogen and oxygen atoms in total. The second kappa shape index (κ2) is 33.1. The number of hydrogen-bond donors (Lipinski definition) is 0. The summed E-state index contributed by atoms with van der Waals surface area (Å²) in [6.07, 6.45) is -21.2. The molecule has 0 N–H and O–H groups in total. The van der Waals surface area contributed by atoms with Gasteiger partial charge in [0.05, 0.1) is 112 Å². The minimum Gasteiger partial charge on any atom is -0.309 e. The van der Waals surface area contributed by atoms with Crippen LogP contribution in [0.5, 0.6) is 0 Å². The van der Waals surface area contributed by atoms with Gasteiger partial charge in [0, 0.05) is 76.5 Å². The van der Waals surface area contributed by atoms with Gasteiger partial charge in [-0.25, -0.2) is 0 Å². The summed E-state index contributed by atoms with van der Waals surface area (Å²) in [6, 6.07) is 104. The van der Waals surface area contributed by atoms with Crippen LogP contribution in [0.1, 0.15) is 77.9 Å². The van der Waals surface area contributed by atoms with Crippen molar-refractivity contribution in [1.82, 2.24) is 18.3 Å². The van der Waals surface area contributed by atoms with Crippen LogP contribution in [0.3, 0.4) is 0 Å². The van der Waals surface area contributed by atoms with Crippen LogP contribution in [0.15, 0.2) is 340 Å². The van der Waals surface area contributed by atoms with Gasteiger partial charge < -0.3 is 18.3 Å². The van der Waals surface area contributed by atoms with E-state index in [4.69, 9.17) is 0 Å². The molecular formula is C122H80F12N6. The Bertz CT molecular complexity index is 9030. The smallest absolute Gasteiger partial charge is 0.309 e. The average molecular weight is 1860 g/mol. The standard InChI is InChI=1S/C122H80F12N6/c1-67-23-35-87(73(7)49-67)81-33-45-108-96(61-81)90-16-10-12-22-106(90)138(108)114-56-76(66-136)26-38-92(114)94-40-28-84(118-103(121(129,130)131)19-14-20-104(118)122(132,133)134)64-116(94)140-110-42-30-78(58-98(110)100-62-82(34-46-112(100)140)88-36-24-68(2)50-74(88)8)77-29-41-109-97(57-77)99-60-80(86-53-71(5)48-72(6)54-86)32-44-111(99)139(109)115-63-83(117-101(119(123,124)125)17-13-18-102(117)120(126,127)128)27-39-93(115)91-37-25-75(65-135)55-113(91)137-105-21-11-9-15-89(105)95-59-79(31-43-107(95)137)85-51-69(3)47-70(4)52-85/h9-64H,1-8H3. The zero-order valence-electron chi connectivity index (χ0n) is 76.6. The van der Waals surface area contributed by atoms with Crippen molar-refractivity contribution in [3.8, 4) is 135 Å². The van der Waals surface area contributed by atoms with Crippen LogP contribution >= 0.6 is 0 Å². The molecule has 4 aromatic heterocycles. The highest BCUT2D eigenvalue weighted by Gasteiger charge is 2.44. The molecule has 4 heterocycles. The van der Waals surface area contributed by atoms with Crippen molar-refractivity contribution < 1.29 is 52.7 Å². The van der Waals surface area contributed by atoms with Gasteiger partial charge in [0.25, 0.3) is 0 Å². The number of aromatic nitrogens is 4. The molecule has 0 aliphatic heterocycles. The first-order chi connectivity index (χ1) is 67.1. The Kier molecular flexibility index (Phi) is 20.9. The van der Waals surface area contributed by atoms with Crippen molar-refractivity contribution in [2.75, 3.05) is 0 Å². The number of para-hydroxylation sites is 2. The maximum Gasteiger partial charge on any atom is 0.417 e. The van der Waals surface area contributed by atoms with E-state index in [-0.39, 0.29) is 22.5 Å². The highest BCUT2D eigenvalue weighted by molar-refractivity contribution is 6.17. The Hall–Kier alpha value is -16.7. The summed E-state index contributed by atoms with van der Waals surface area (Å²) < 4.78 is 198. The molecule has 0 unspecified atom stereocenters. The second-order valence-electron chi connectivity index (χ2n) is 36.8. The summed E-state index contributed by atoms with van der Waals surface area (Å²) in [6.45, 7) is 16.1. The fourth-order valence-electron chi connectivity index (χ4n) is 21.5. The molecule has 22 rings (SSSR count). The van der Waals surface area contributed by atoms with Crippen LogP contribution in [-0.4, -0.2) is 18.3 Å². The van der Waals surface area contributed by atoms with E-state index >= 15 is 52.7 Å². The Morgan fingerprint density at radius 1 is 0.193 bits per heavy atom. The summed E-state index contributed by atoms with van der Waals surface area (Å²) >= 11 is 0. The minimum absolute atomic E-state index is 0.169. The highest BCUT2D eigenvalue weighted by atomic mass is 19.4. The summed E-state index contributed by atoms with van der Waals surface area (Å²) in [5, 5.41) is 27.8. The SMILES string of the molecule is Cc1cc(C)cc(-c2ccc3c(c2)c2ccccc2n3-c2cc(C#N)ccc2-c2ccc(-c3c(C(F)(F)F)cccc3C(F)(F)F)cc2-n2c3ccc(-c4cc(C)cc(C)c4)cc3c3cc(-c4ccc5c(c4)c4cc(-c6ccc(C)cc6C)ccc4n5-c4cc(-c5c(C(F)(F)F)cccc5C(F)(F)F)ccc4-c4ccc(C#N)cc4-n4c5ccccc5c5cc(-c6ccc(C)cc6C)ccc54)ccc32)c1. The summed E-state index contributed by atoms with van der Waals surface area (Å²) in [7, 11) is 0. The third kappa shape index (κ3) is 15.1. The van der Waals surface area contributed by atoms with Crippen molar-refractivity contribution >= 4 is 87.2 Å². The first-order valence-corrected chi connectivity index (χ1v) is 45.6. The lowest BCUT2D eigenvalue weighted by Crippen LogP contribution is -2.14. The summed E-state index contributed by atoms with van der Waals surface area (Å²) in [4.78, 5) is 0. The van der Waals surface area contributed by atoms with Crippen LogP contribution in [0.2, 0.25) is 0 Å². The van der Waals surface area contributed by atoms with Crippen LogP contribution < -0.4 is 0 Å². The quantitative estimate of drug-likeness (QED) is 0.108. The molecule has 0 fully saturated rings. The van der Waals surface area contributed by atoms with E-state index in [1.165, 1.54) is 24.3 Å². The lowest BCUT2D eigenvalue weighted by atomic mass is 9.90. The molecule has 0 atom stereocenters. The fourth-order valence-corrected chi connectivity index (χ4v) is 21.5. The third-order valence-electron chi connectivity index (χ3n) is 27.4. The van der Waals surface area contributed by atoms with E-state index in [2.05, 4.69) is 91.9 Å². The van der Waals surface area contributed by atoms with E-state index < -0.39 is 69.2 Å². The van der Waals surface area contributed by atoms with Crippen molar-refractivity contribution in [2.24, 2.45) is 0 Å². The monoisotopic (exact) mass is 1860 g/mol. The molecule has 22 aromatic rings. The van der Waals surface area contributed by atoms with Gasteiger partial charge in [-0.1, -0.05) is 228 Å². The summed E-state index contributed by atoms with van der Waals surface area (Å²) in [5.41, 5.74) is 15.9. The normalized spacial score (nSPS) is 12.3. The maximum absolute atomic E-state index is 15.9. The van der Waals surface area contributed by atoms with Crippen molar-refractivity contribution in [3.63, 3.8) is 0 Å². The number of nitrogens with zero attached hydrogens (tertiary/aromatic N) is 6. The Balaban J connectivity index is 0.811. The lowest BCUT2D eigenvalue weighted by Gasteiger charge is -2.22. The predicted molar refractivity (Wildman–Crippen MR) is 540 cm³/mol. The molecule has 140 heavy (non-hydrogen) atoms. The van der Waals surface area contributed by atoms with E-state index in [9.17, 15) is 10.5 Å². The minimum atomic E-state index is -5.29. The van der Waals surface area contributed by atoms with E-state index in [0.717, 1.165) is 145 Å². The van der Waals surface area contributed by atoms with Crippen LogP contribution in [-0.2, 0) is 24.7 Å². The van der Waals surface area contributed by atoms with E-state index in [0.29, 0.717) is 113 Å². The van der Waals surface area contributed by atoms with Gasteiger partial charge in [0.1, 0.15) is 0 Å². The zero-order chi connectivity index (χ0) is 97.3. The Morgan fingerprint density at radius 2 is 0.443 bits per heavy atom. The Morgan fingerprint density at radius 3 is 0.743 bits per heavy atom. The van der Waals surface area contributed by atoms with Gasteiger partial charge in [-0.05, 0) is 279 Å². The van der Waals surface area contributed by atoms with Crippen molar-refractivity contribution in [3.05, 3.63) is 418 Å². The van der Waals surface area contributed by atoms with Gasteiger partial charge in [0.2, 0.25) is 0 Å². The zero-order valence-corrected chi connectivity index (χ0v) is 76.6. The molecule has 0 saturated heterocycles. The third-order valence-corrected chi connectivity index (χ3v) is 27.4. The molecule has 0 aliphatic carbocycles. The van der Waals surface area contributed by atoms with Crippen molar-refractivity contribution in [1.29, 1.82) is 10.5 Å². The van der Waals surface area contributed by atoms with Gasteiger partial charge in [-0.15, -0.1) is 0 Å². The van der Waals surface area contributed by atoms with Crippen LogP contribution in [0, 0.1) is 78.1 Å². The van der Waals surface area contributed by atoms with E-state index in [1.54, 1.807) is 48.5 Å². The number of hydrogen-bond acceptors (Lipinski definition) is 2. The largest absolute Gasteiger partial charge is 0.417 e. The first-order valence-electron chi connectivity index (χ1n) is 45.6. The lowest BCUT2D eigenvalue weighted by molar-refractivity contribution is -0.143. The number of halogens is 12. The van der Waals surface area contributed by atoms with Gasteiger partial charge in [0.15, 0.2) is 0 Å². The van der Waals surface area contributed by atoms with Crippen molar-refractivity contribution in [2.45, 2.75) is 80.1 Å². The highest BCUT2D eigenvalue weighted by Crippen LogP contribution is 2.54. The predicted octanol–water partition coefficient (Wildman–Crippen LogP) is 35.4. The van der Waals surface area contributed by atoms with Gasteiger partial charge >= 0.3 is 24.7 Å². The number of nitriles is 2. The van der Waals surface area contributed by atoms with Crippen LogP contribution in [0.4, 0.5) is 52.7 Å². The average Bonchev–Trinajstić information content (AvgIpc) is 1.55.